The van der Waals surface area contributed by atoms with Gasteiger partial charge >= 0.3 is 12.0 Å². The summed E-state index contributed by atoms with van der Waals surface area (Å²) in [5.74, 6) is 2.48. The third-order valence-electron chi connectivity index (χ3n) is 11.9. The van der Waals surface area contributed by atoms with Crippen LogP contribution in [0.15, 0.2) is 101 Å². The van der Waals surface area contributed by atoms with Crippen LogP contribution in [0, 0.1) is 20.8 Å². The van der Waals surface area contributed by atoms with Gasteiger partial charge in [0.1, 0.15) is 52.4 Å². The lowest BCUT2D eigenvalue weighted by Crippen LogP contribution is -2.55. The van der Waals surface area contributed by atoms with Crippen LogP contribution in [0.1, 0.15) is 109 Å². The smallest absolute Gasteiger partial charge is 0.326 e. The molecule has 3 amide bonds. The third-order valence-corrected chi connectivity index (χ3v) is 13.9. The lowest BCUT2D eigenvalue weighted by molar-refractivity contribution is -0.155. The van der Waals surface area contributed by atoms with E-state index in [9.17, 15) is 14.4 Å². The summed E-state index contributed by atoms with van der Waals surface area (Å²) in [6.07, 6.45) is -0.0543. The number of benzene rings is 4. The van der Waals surface area contributed by atoms with E-state index in [2.05, 4.69) is 29.4 Å². The molecule has 0 saturated carbocycles. The van der Waals surface area contributed by atoms with Gasteiger partial charge in [-0.25, -0.2) is 4.79 Å². The van der Waals surface area contributed by atoms with E-state index in [0.717, 1.165) is 44.4 Å². The summed E-state index contributed by atoms with van der Waals surface area (Å²) in [5, 5.41) is 14.4. The zero-order valence-electron chi connectivity index (χ0n) is 40.9. The van der Waals surface area contributed by atoms with Gasteiger partial charge in [-0.15, -0.1) is 21.5 Å². The number of amidine groups is 1. The van der Waals surface area contributed by atoms with Gasteiger partial charge in [0.2, 0.25) is 5.91 Å². The first-order valence-electron chi connectivity index (χ1n) is 23.2. The number of esters is 1. The van der Waals surface area contributed by atoms with Crippen LogP contribution in [0.25, 0.3) is 5.00 Å². The minimum Gasteiger partial charge on any atom is -0.497 e. The summed E-state index contributed by atoms with van der Waals surface area (Å²) in [4.78, 5) is 54.0. The fourth-order valence-corrected chi connectivity index (χ4v) is 10.2. The number of thiophene rings is 1. The predicted octanol–water partition coefficient (Wildman–Crippen LogP) is 11.4. The van der Waals surface area contributed by atoms with E-state index >= 15 is 0 Å². The molecule has 71 heavy (non-hydrogen) atoms. The highest BCUT2D eigenvalue weighted by Gasteiger charge is 2.45. The number of aryl methyl sites for hydroxylation is 2. The van der Waals surface area contributed by atoms with Crippen LogP contribution >= 0.6 is 46.1 Å². The molecule has 3 atom stereocenters. The van der Waals surface area contributed by atoms with Gasteiger partial charge in [-0.1, -0.05) is 71.2 Å². The maximum absolute atomic E-state index is 14.3. The fourth-order valence-electron chi connectivity index (χ4n) is 8.65. The second-order valence-corrected chi connectivity index (χ2v) is 21.1. The number of carbonyl (C=O) groups excluding carboxylic acids is 3. The number of halogens is 3. The molecule has 14 nitrogen and oxygen atoms in total. The van der Waals surface area contributed by atoms with Crippen molar-refractivity contribution in [2.75, 3.05) is 26.7 Å². The Balaban J connectivity index is 0.000000197. The molecular formula is C53H55Cl3N8O6S. The van der Waals surface area contributed by atoms with Crippen LogP contribution < -0.4 is 14.8 Å². The first kappa shape index (κ1) is 51.1. The lowest BCUT2D eigenvalue weighted by atomic mass is 9.93. The summed E-state index contributed by atoms with van der Waals surface area (Å²) in [6, 6.07) is 26.1. The number of aliphatic imine (C=N–C) groups is 2. The van der Waals surface area contributed by atoms with Crippen molar-refractivity contribution in [1.82, 2.24) is 29.9 Å². The van der Waals surface area contributed by atoms with Crippen LogP contribution in [0.3, 0.4) is 0 Å². The van der Waals surface area contributed by atoms with Crippen LogP contribution in [-0.4, -0.2) is 92.5 Å². The third kappa shape index (κ3) is 11.3. The normalized spacial score (nSPS) is 17.5. The fraction of sp³-hybridized carbons (Fsp3) is 0.340. The number of aromatic nitrogens is 3. The number of fused-ring (bicyclic) bond motifs is 3. The Kier molecular flexibility index (Phi) is 15.3. The van der Waals surface area contributed by atoms with Crippen molar-refractivity contribution < 1.29 is 28.6 Å². The van der Waals surface area contributed by atoms with Crippen molar-refractivity contribution >= 4 is 75.6 Å². The molecule has 5 heterocycles. The van der Waals surface area contributed by atoms with E-state index in [-0.39, 0.29) is 37.0 Å². The highest BCUT2D eigenvalue weighted by molar-refractivity contribution is 7.15. The highest BCUT2D eigenvalue weighted by Crippen LogP contribution is 2.46. The number of rotatable bonds is 9. The van der Waals surface area contributed by atoms with Crippen LogP contribution in [0.5, 0.6) is 11.5 Å². The average Bonchev–Trinajstić information content (AvgIpc) is 3.97. The Morgan fingerprint density at radius 2 is 1.49 bits per heavy atom. The average molecular weight is 1040 g/mol. The molecule has 6 aromatic rings. The van der Waals surface area contributed by atoms with E-state index in [1.807, 2.05) is 119 Å². The summed E-state index contributed by atoms with van der Waals surface area (Å²) in [6.45, 7) is 16.3. The first-order chi connectivity index (χ1) is 33.8. The second-order valence-electron chi connectivity index (χ2n) is 18.6. The zero-order chi connectivity index (χ0) is 50.9. The Morgan fingerprint density at radius 3 is 2.10 bits per heavy atom. The minimum atomic E-state index is -0.569. The molecule has 0 radical (unpaired) electrons. The molecule has 3 aliphatic rings. The van der Waals surface area contributed by atoms with Crippen molar-refractivity contribution in [3.63, 3.8) is 0 Å². The molecule has 1 saturated heterocycles. The van der Waals surface area contributed by atoms with E-state index < -0.39 is 23.7 Å². The van der Waals surface area contributed by atoms with Gasteiger partial charge in [0, 0.05) is 50.2 Å². The second kappa shape index (κ2) is 21.2. The number of piperazine rings is 1. The largest absolute Gasteiger partial charge is 0.497 e. The maximum Gasteiger partial charge on any atom is 0.326 e. The van der Waals surface area contributed by atoms with Gasteiger partial charge in [0.05, 0.1) is 37.0 Å². The van der Waals surface area contributed by atoms with E-state index in [4.69, 9.17) is 59.0 Å². The Labute approximate surface area is 432 Å². The number of carbonyl (C=O) groups is 3. The van der Waals surface area contributed by atoms with Crippen molar-refractivity contribution in [2.24, 2.45) is 9.98 Å². The monoisotopic (exact) mass is 1040 g/mol. The van der Waals surface area contributed by atoms with Crippen molar-refractivity contribution in [1.29, 1.82) is 0 Å². The number of hydrogen-bond donors (Lipinski definition) is 1. The van der Waals surface area contributed by atoms with Gasteiger partial charge in [0.25, 0.3) is 0 Å². The molecule has 9 rings (SSSR count). The Morgan fingerprint density at radius 1 is 0.859 bits per heavy atom. The van der Waals surface area contributed by atoms with Gasteiger partial charge < -0.3 is 24.4 Å². The van der Waals surface area contributed by atoms with Crippen LogP contribution in [0.2, 0.25) is 15.1 Å². The van der Waals surface area contributed by atoms with Crippen molar-refractivity contribution in [3.05, 3.63) is 156 Å². The molecule has 1 fully saturated rings. The first-order valence-corrected chi connectivity index (χ1v) is 25.1. The SMILES string of the molecule is COc1ccc(C2=NC(c3ccc(Cl)cc3)C(c3ccc(Cl)cc3)N2C(=O)N2CCNC(=O)C2)c(OC(C)C)c1.Cc1sc2c(c1C)C(c1ccc(Cl)cc1)=N[C@@H](CC(=O)OC(C)(C)C)c1nnc(C)n1-2. The molecule has 370 valence electrons. The topological polar surface area (TPSA) is 153 Å². The van der Waals surface area contributed by atoms with Crippen molar-refractivity contribution in [3.8, 4) is 16.5 Å². The molecule has 18 heteroatoms. The summed E-state index contributed by atoms with van der Waals surface area (Å²) < 4.78 is 19.3. The molecular weight excluding hydrogens is 983 g/mol. The number of hydrogen-bond acceptors (Lipinski definition) is 11. The van der Waals surface area contributed by atoms with E-state index in [1.54, 1.807) is 46.4 Å². The predicted molar refractivity (Wildman–Crippen MR) is 279 cm³/mol. The summed E-state index contributed by atoms with van der Waals surface area (Å²) >= 11 is 20.3. The molecule has 2 aromatic heterocycles. The number of methoxy groups -OCH3 is 1. The Bertz CT molecular complexity index is 3020. The maximum atomic E-state index is 14.3. The molecule has 0 bridgehead atoms. The van der Waals surface area contributed by atoms with Gasteiger partial charge in [0.15, 0.2) is 5.82 Å². The standard InChI is InChI=1S/C30H30Cl2N4O4.C23H25ClN4O2S/c1-18(2)40-25-16-23(39-3)12-13-24(25)29-34-27(19-4-8-21(31)9-5-19)28(20-6-10-22(32)11-7-20)36(29)30(38)35-15-14-33-26(37)17-35;1-12-13(2)31-22-19(12)20(15-7-9-16(24)10-8-15)25-17(11-18(29)30-23(4,5)6)21-27-26-14(3)28(21)22/h4-13,16,18,27-28H,14-15,17H2,1-3H3,(H,33,37);7-10,17H,11H2,1-6H3/t;17-/m.0/s1. The van der Waals surface area contributed by atoms with Gasteiger partial charge in [-0.3, -0.25) is 29.0 Å². The number of urea groups is 1. The number of nitrogens with one attached hydrogen (secondary N) is 1. The molecule has 0 aliphatic carbocycles. The van der Waals surface area contributed by atoms with Gasteiger partial charge in [-0.05, 0) is 121 Å². The summed E-state index contributed by atoms with van der Waals surface area (Å²) in [5.41, 5.74) is 5.77. The van der Waals surface area contributed by atoms with E-state index in [1.165, 1.54) is 4.88 Å². The lowest BCUT2D eigenvalue weighted by Gasteiger charge is -2.36. The number of amides is 3. The Hall–Kier alpha value is -6.26. The molecule has 2 unspecified atom stereocenters. The molecule has 0 spiro atoms. The van der Waals surface area contributed by atoms with Crippen LogP contribution in [-0.2, 0) is 14.3 Å². The molecule has 3 aliphatic heterocycles. The molecule has 4 aromatic carbocycles. The highest BCUT2D eigenvalue weighted by atomic mass is 35.5. The van der Waals surface area contributed by atoms with Gasteiger partial charge in [-0.2, -0.15) is 0 Å². The minimum absolute atomic E-state index is 0.0421. The summed E-state index contributed by atoms with van der Waals surface area (Å²) in [7, 11) is 1.59. The number of nitrogens with zero attached hydrogens (tertiary/aromatic N) is 7. The zero-order valence-corrected chi connectivity index (χ0v) is 44.0. The van der Waals surface area contributed by atoms with Crippen molar-refractivity contribution in [2.45, 2.75) is 91.6 Å². The van der Waals surface area contributed by atoms with Crippen LogP contribution in [0.4, 0.5) is 4.79 Å². The van der Waals surface area contributed by atoms with E-state index in [0.29, 0.717) is 56.9 Å². The number of ether oxygens (including phenoxy) is 3. The quantitative estimate of drug-likeness (QED) is 0.141. The molecule has 1 N–H and O–H groups in total.